The third kappa shape index (κ3) is 2.37. The van der Waals surface area contributed by atoms with Crippen LogP contribution in [0.25, 0.3) is 5.76 Å². The molecule has 0 heterocycles. The van der Waals surface area contributed by atoms with Crippen LogP contribution < -0.4 is 0 Å². The summed E-state index contributed by atoms with van der Waals surface area (Å²) in [6, 6.07) is 6.25. The summed E-state index contributed by atoms with van der Waals surface area (Å²) in [6.07, 6.45) is -1.55. The van der Waals surface area contributed by atoms with Gasteiger partial charge < -0.3 is 15.3 Å². The van der Waals surface area contributed by atoms with E-state index in [0.717, 1.165) is 0 Å². The summed E-state index contributed by atoms with van der Waals surface area (Å²) in [7, 11) is 0. The molecule has 1 aromatic rings. The van der Waals surface area contributed by atoms with Gasteiger partial charge in [0, 0.05) is 23.1 Å². The number of carbonyl (C=O) groups excluding carboxylic acids is 2. The molecule has 0 unspecified atom stereocenters. The van der Waals surface area contributed by atoms with E-state index in [1.807, 2.05) is 0 Å². The fraction of sp³-hybridized carbons (Fsp3) is 0.333. The smallest absolute Gasteiger partial charge is 0.234 e. The summed E-state index contributed by atoms with van der Waals surface area (Å²) in [4.78, 5) is 24.0. The number of ketones is 2. The minimum atomic E-state index is -1.44. The lowest BCUT2D eigenvalue weighted by Crippen LogP contribution is -2.38. The number of fused-ring (bicyclic) bond motifs is 1. The average Bonchev–Trinajstić information content (AvgIpc) is 2.39. The number of hydrogen-bond donors (Lipinski definition) is 3. The zero-order valence-electron chi connectivity index (χ0n) is 11.3. The van der Waals surface area contributed by atoms with Crippen molar-refractivity contribution in [1.82, 2.24) is 0 Å². The molecule has 1 atom stereocenters. The van der Waals surface area contributed by atoms with Crippen LogP contribution >= 0.6 is 0 Å². The topological polar surface area (TPSA) is 94.8 Å². The maximum atomic E-state index is 12.0. The molecular weight excluding hydrogens is 260 g/mol. The van der Waals surface area contributed by atoms with Crippen LogP contribution in [0.4, 0.5) is 0 Å². The minimum Gasteiger partial charge on any atom is -0.507 e. The summed E-state index contributed by atoms with van der Waals surface area (Å²) in [5, 5.41) is 29.7. The van der Waals surface area contributed by atoms with Crippen molar-refractivity contribution in [3.63, 3.8) is 0 Å². The summed E-state index contributed by atoms with van der Waals surface area (Å²) in [5.74, 6) is -1.87. The lowest BCUT2D eigenvalue weighted by Gasteiger charge is -2.26. The van der Waals surface area contributed by atoms with Crippen molar-refractivity contribution in [2.75, 3.05) is 0 Å². The van der Waals surface area contributed by atoms with Crippen molar-refractivity contribution in [2.24, 2.45) is 0 Å². The number of aliphatic hydroxyl groups is 3. The highest BCUT2D eigenvalue weighted by Gasteiger charge is 2.36. The van der Waals surface area contributed by atoms with Gasteiger partial charge in [-0.15, -0.1) is 0 Å². The Labute approximate surface area is 116 Å². The van der Waals surface area contributed by atoms with Gasteiger partial charge in [0.25, 0.3) is 0 Å². The van der Waals surface area contributed by atoms with E-state index in [-0.39, 0.29) is 28.9 Å². The molecule has 0 fully saturated rings. The maximum absolute atomic E-state index is 12.0. The minimum absolute atomic E-state index is 0.150. The Morgan fingerprint density at radius 3 is 2.20 bits per heavy atom. The largest absolute Gasteiger partial charge is 0.507 e. The van der Waals surface area contributed by atoms with Crippen molar-refractivity contribution in [2.45, 2.75) is 32.0 Å². The van der Waals surface area contributed by atoms with E-state index < -0.39 is 23.3 Å². The second-order valence-electron chi connectivity index (χ2n) is 5.40. The van der Waals surface area contributed by atoms with Gasteiger partial charge in [-0.25, -0.2) is 0 Å². The molecule has 1 aliphatic carbocycles. The molecule has 1 aromatic carbocycles. The van der Waals surface area contributed by atoms with E-state index in [0.29, 0.717) is 0 Å². The Hall–Kier alpha value is -1.98. The van der Waals surface area contributed by atoms with Crippen molar-refractivity contribution < 1.29 is 24.9 Å². The van der Waals surface area contributed by atoms with E-state index >= 15 is 0 Å². The Balaban J connectivity index is 2.47. The Bertz CT molecular complexity index is 607. The molecule has 106 valence electrons. The van der Waals surface area contributed by atoms with Crippen molar-refractivity contribution in [3.05, 3.63) is 41.0 Å². The fourth-order valence-corrected chi connectivity index (χ4v) is 2.05. The second kappa shape index (κ2) is 4.85. The maximum Gasteiger partial charge on any atom is 0.234 e. The highest BCUT2D eigenvalue weighted by Crippen LogP contribution is 2.31. The molecule has 0 saturated carbocycles. The van der Waals surface area contributed by atoms with E-state index in [9.17, 15) is 24.9 Å². The van der Waals surface area contributed by atoms with Crippen LogP contribution in [0, 0.1) is 0 Å². The molecule has 0 aliphatic heterocycles. The highest BCUT2D eigenvalue weighted by atomic mass is 16.3. The van der Waals surface area contributed by atoms with Crippen LogP contribution in [-0.2, 0) is 4.79 Å². The molecule has 0 radical (unpaired) electrons. The molecule has 5 nitrogen and oxygen atoms in total. The quantitative estimate of drug-likeness (QED) is 0.722. The van der Waals surface area contributed by atoms with Gasteiger partial charge in [-0.05, 0) is 13.8 Å². The van der Waals surface area contributed by atoms with E-state index in [4.69, 9.17) is 0 Å². The monoisotopic (exact) mass is 276 g/mol. The SMILES string of the molecule is CC(C)(O)[C@@H](O)CC1=C(O)c2ccccc2C(=O)C1=O. The Morgan fingerprint density at radius 2 is 1.65 bits per heavy atom. The molecule has 3 N–H and O–H groups in total. The van der Waals surface area contributed by atoms with Crippen LogP contribution in [0.3, 0.4) is 0 Å². The zero-order chi connectivity index (χ0) is 15.1. The predicted octanol–water partition coefficient (Wildman–Crippen LogP) is 1.24. The number of aliphatic hydroxyl groups excluding tert-OH is 2. The first kappa shape index (κ1) is 14.4. The standard InChI is InChI=1S/C15H16O5/c1-15(2,20)11(16)7-10-12(17)8-5-3-4-6-9(8)13(18)14(10)19/h3-6,11,16-17,20H,7H2,1-2H3/t11-/m0/s1. The van der Waals surface area contributed by atoms with Gasteiger partial charge in [-0.2, -0.15) is 0 Å². The lowest BCUT2D eigenvalue weighted by atomic mass is 9.84. The average molecular weight is 276 g/mol. The fourth-order valence-electron chi connectivity index (χ4n) is 2.05. The highest BCUT2D eigenvalue weighted by molar-refractivity contribution is 6.52. The van der Waals surface area contributed by atoms with Gasteiger partial charge in [0.15, 0.2) is 0 Å². The summed E-state index contributed by atoms with van der Waals surface area (Å²) in [6.45, 7) is 2.77. The first-order chi connectivity index (χ1) is 9.23. The van der Waals surface area contributed by atoms with Gasteiger partial charge >= 0.3 is 0 Å². The normalized spacial score (nSPS) is 17.2. The molecule has 5 heteroatoms. The number of Topliss-reactive ketones (excluding diaryl/α,β-unsaturated/α-hetero) is 2. The molecular formula is C15H16O5. The Kier molecular flexibility index (Phi) is 3.50. The van der Waals surface area contributed by atoms with Crippen molar-refractivity contribution in [1.29, 1.82) is 0 Å². The molecule has 2 rings (SSSR count). The van der Waals surface area contributed by atoms with E-state index in [1.54, 1.807) is 12.1 Å². The molecule has 20 heavy (non-hydrogen) atoms. The first-order valence-electron chi connectivity index (χ1n) is 6.24. The van der Waals surface area contributed by atoms with E-state index in [1.165, 1.54) is 26.0 Å². The number of rotatable bonds is 3. The molecule has 0 amide bonds. The molecule has 1 aliphatic rings. The van der Waals surface area contributed by atoms with Crippen LogP contribution in [0.5, 0.6) is 0 Å². The molecule has 0 spiro atoms. The zero-order valence-corrected chi connectivity index (χ0v) is 11.3. The van der Waals surface area contributed by atoms with Gasteiger partial charge in [-0.1, -0.05) is 24.3 Å². The van der Waals surface area contributed by atoms with E-state index in [2.05, 4.69) is 0 Å². The third-order valence-electron chi connectivity index (χ3n) is 3.41. The number of carbonyl (C=O) groups is 2. The van der Waals surface area contributed by atoms with Crippen LogP contribution in [0.1, 0.15) is 36.2 Å². The van der Waals surface area contributed by atoms with Gasteiger partial charge in [0.05, 0.1) is 11.7 Å². The predicted molar refractivity (Wildman–Crippen MR) is 72.2 cm³/mol. The lowest BCUT2D eigenvalue weighted by molar-refractivity contribution is -0.112. The second-order valence-corrected chi connectivity index (χ2v) is 5.40. The number of benzene rings is 1. The van der Waals surface area contributed by atoms with Crippen LogP contribution in [0.15, 0.2) is 29.8 Å². The van der Waals surface area contributed by atoms with Gasteiger partial charge in [0.2, 0.25) is 11.6 Å². The first-order valence-corrected chi connectivity index (χ1v) is 6.24. The van der Waals surface area contributed by atoms with Crippen LogP contribution in [0.2, 0.25) is 0 Å². The third-order valence-corrected chi connectivity index (χ3v) is 3.41. The summed E-state index contributed by atoms with van der Waals surface area (Å²) >= 11 is 0. The van der Waals surface area contributed by atoms with Gasteiger partial charge in [-0.3, -0.25) is 9.59 Å². The number of hydrogen-bond acceptors (Lipinski definition) is 5. The van der Waals surface area contributed by atoms with Crippen LogP contribution in [-0.4, -0.2) is 38.6 Å². The molecule has 0 aromatic heterocycles. The Morgan fingerprint density at radius 1 is 1.10 bits per heavy atom. The summed E-state index contributed by atoms with van der Waals surface area (Å²) < 4.78 is 0. The van der Waals surface area contributed by atoms with Crippen molar-refractivity contribution >= 4 is 17.3 Å². The van der Waals surface area contributed by atoms with Gasteiger partial charge in [0.1, 0.15) is 5.76 Å². The summed E-state index contributed by atoms with van der Waals surface area (Å²) in [5.41, 5.74) is -1.18. The molecule has 0 bridgehead atoms. The van der Waals surface area contributed by atoms with Crippen molar-refractivity contribution in [3.8, 4) is 0 Å². The molecule has 0 saturated heterocycles.